The zero-order chi connectivity index (χ0) is 29.6. The van der Waals surface area contributed by atoms with Crippen molar-refractivity contribution in [2.75, 3.05) is 13.2 Å². The third-order valence-electron chi connectivity index (χ3n) is 6.86. The van der Waals surface area contributed by atoms with Crippen LogP contribution >= 0.6 is 11.3 Å². The summed E-state index contributed by atoms with van der Waals surface area (Å²) in [5.41, 5.74) is 3.98. The van der Waals surface area contributed by atoms with Gasteiger partial charge in [-0.3, -0.25) is 4.79 Å². The van der Waals surface area contributed by atoms with Crippen molar-refractivity contribution in [3.63, 3.8) is 0 Å². The van der Waals surface area contributed by atoms with Gasteiger partial charge in [-0.05, 0) is 73.2 Å². The third-order valence-corrected chi connectivity index (χ3v) is 7.82. The van der Waals surface area contributed by atoms with Gasteiger partial charge in [-0.25, -0.2) is 4.68 Å². The maximum atomic E-state index is 13.4. The zero-order valence-electron chi connectivity index (χ0n) is 23.8. The molecule has 6 aromatic rings. The summed E-state index contributed by atoms with van der Waals surface area (Å²) in [7, 11) is 0. The average Bonchev–Trinajstić information content (AvgIpc) is 3.74. The van der Waals surface area contributed by atoms with Crippen LogP contribution in [-0.2, 0) is 0 Å². The number of para-hydroxylation sites is 1. The molecule has 0 fully saturated rings. The summed E-state index contributed by atoms with van der Waals surface area (Å²) >= 11 is 1.30. The quantitative estimate of drug-likeness (QED) is 0.122. The van der Waals surface area contributed by atoms with Crippen molar-refractivity contribution in [2.45, 2.75) is 26.2 Å². The Morgan fingerprint density at radius 3 is 2.30 bits per heavy atom. The second-order valence-corrected chi connectivity index (χ2v) is 11.0. The molecule has 3 aromatic heterocycles. The lowest BCUT2D eigenvalue weighted by Crippen LogP contribution is -2.23. The van der Waals surface area contributed by atoms with E-state index in [0.717, 1.165) is 58.8 Å². The molecule has 0 saturated heterocycles. The highest BCUT2D eigenvalue weighted by Gasteiger charge is 2.15. The van der Waals surface area contributed by atoms with Gasteiger partial charge in [-0.2, -0.15) is 14.6 Å². The number of fused-ring (bicyclic) bond motifs is 1. The average molecular weight is 590 g/mol. The van der Waals surface area contributed by atoms with E-state index >= 15 is 0 Å². The highest BCUT2D eigenvalue weighted by Crippen LogP contribution is 2.27. The molecule has 0 aliphatic carbocycles. The van der Waals surface area contributed by atoms with Gasteiger partial charge in [-0.15, -0.1) is 5.10 Å². The van der Waals surface area contributed by atoms with Crippen molar-refractivity contribution in [3.8, 4) is 39.8 Å². The molecule has 0 amide bonds. The number of nitrogens with zero attached hydrogens (tertiary/aromatic N) is 5. The lowest BCUT2D eigenvalue weighted by molar-refractivity contribution is 0.306. The predicted octanol–water partition coefficient (Wildman–Crippen LogP) is 6.35. The molecule has 8 nitrogen and oxygen atoms in total. The van der Waals surface area contributed by atoms with Gasteiger partial charge < -0.3 is 9.47 Å². The molecule has 0 saturated carbocycles. The standard InChI is InChI=1S/C34H31N5O3S/c1-3-5-9-21-42-29-18-14-25(15-19-29)32-35-34-39(37-32)33(40)30(43-34)22-26-23-38(27-10-7-6-8-11-27)36-31(26)24-12-16-28(17-13-24)41-20-4-2/h4,6-8,10-19,22-23H,2-3,5,9,20-21H2,1H3. The van der Waals surface area contributed by atoms with E-state index in [9.17, 15) is 4.79 Å². The summed E-state index contributed by atoms with van der Waals surface area (Å²) in [6.07, 6.45) is 8.84. The molecule has 3 aromatic carbocycles. The first-order valence-corrected chi connectivity index (χ1v) is 15.1. The van der Waals surface area contributed by atoms with E-state index < -0.39 is 0 Å². The Morgan fingerprint density at radius 1 is 0.884 bits per heavy atom. The topological polar surface area (TPSA) is 83.5 Å². The Kier molecular flexibility index (Phi) is 8.42. The Balaban J connectivity index is 1.32. The molecule has 3 heterocycles. The first-order chi connectivity index (χ1) is 21.1. The second kappa shape index (κ2) is 12.9. The van der Waals surface area contributed by atoms with E-state index in [1.54, 1.807) is 6.08 Å². The molecule has 6 rings (SSSR count). The maximum Gasteiger partial charge on any atom is 0.291 e. The van der Waals surface area contributed by atoms with E-state index in [-0.39, 0.29) is 5.56 Å². The number of ether oxygens (including phenoxy) is 2. The van der Waals surface area contributed by atoms with E-state index in [1.807, 2.05) is 95.8 Å². The fourth-order valence-electron chi connectivity index (χ4n) is 4.63. The molecule has 0 aliphatic heterocycles. The molecule has 0 atom stereocenters. The highest BCUT2D eigenvalue weighted by atomic mass is 32.1. The molecule has 0 aliphatic rings. The van der Waals surface area contributed by atoms with E-state index in [2.05, 4.69) is 23.6 Å². The molecule has 9 heteroatoms. The van der Waals surface area contributed by atoms with Gasteiger partial charge >= 0.3 is 0 Å². The summed E-state index contributed by atoms with van der Waals surface area (Å²) in [4.78, 5) is 18.6. The molecule has 0 bridgehead atoms. The Hall–Kier alpha value is -5.02. The summed E-state index contributed by atoms with van der Waals surface area (Å²) in [5.74, 6) is 2.06. The number of rotatable bonds is 12. The highest BCUT2D eigenvalue weighted by molar-refractivity contribution is 7.15. The first-order valence-electron chi connectivity index (χ1n) is 14.3. The largest absolute Gasteiger partial charge is 0.494 e. The van der Waals surface area contributed by atoms with E-state index in [1.165, 1.54) is 15.9 Å². The summed E-state index contributed by atoms with van der Waals surface area (Å²) in [6, 6.07) is 25.3. The van der Waals surface area contributed by atoms with Crippen molar-refractivity contribution >= 4 is 22.4 Å². The van der Waals surface area contributed by atoms with Crippen LogP contribution in [0, 0.1) is 0 Å². The van der Waals surface area contributed by atoms with Gasteiger partial charge in [0, 0.05) is 22.9 Å². The fraction of sp³-hybridized carbons (Fsp3) is 0.176. The van der Waals surface area contributed by atoms with Gasteiger partial charge in [0.15, 0.2) is 5.82 Å². The van der Waals surface area contributed by atoms with Crippen LogP contribution in [-0.4, -0.2) is 37.6 Å². The smallest absolute Gasteiger partial charge is 0.291 e. The van der Waals surface area contributed by atoms with Gasteiger partial charge in [-0.1, -0.05) is 62.0 Å². The molecule has 0 unspecified atom stereocenters. The van der Waals surface area contributed by atoms with Crippen molar-refractivity contribution in [2.24, 2.45) is 0 Å². The number of hydrogen-bond acceptors (Lipinski definition) is 7. The third kappa shape index (κ3) is 6.27. The molecule has 0 spiro atoms. The second-order valence-electron chi connectivity index (χ2n) is 9.96. The number of aromatic nitrogens is 5. The van der Waals surface area contributed by atoms with Crippen LogP contribution in [0.3, 0.4) is 0 Å². The summed E-state index contributed by atoms with van der Waals surface area (Å²) < 4.78 is 15.2. The number of thiazole rings is 1. The minimum Gasteiger partial charge on any atom is -0.494 e. The Morgan fingerprint density at radius 2 is 1.60 bits per heavy atom. The van der Waals surface area contributed by atoms with Crippen LogP contribution in [0.5, 0.6) is 11.5 Å². The number of hydrogen-bond donors (Lipinski definition) is 0. The number of unbranched alkanes of at least 4 members (excludes halogenated alkanes) is 2. The first kappa shape index (κ1) is 28.1. The maximum absolute atomic E-state index is 13.4. The minimum atomic E-state index is -0.221. The van der Waals surface area contributed by atoms with Gasteiger partial charge in [0.2, 0.25) is 4.96 Å². The van der Waals surface area contributed by atoms with Crippen LogP contribution < -0.4 is 19.6 Å². The zero-order valence-corrected chi connectivity index (χ0v) is 24.7. The van der Waals surface area contributed by atoms with E-state index in [0.29, 0.717) is 28.5 Å². The molecule has 216 valence electrons. The molecular weight excluding hydrogens is 558 g/mol. The molecule has 0 radical (unpaired) electrons. The van der Waals surface area contributed by atoms with Gasteiger partial charge in [0.05, 0.1) is 16.8 Å². The van der Waals surface area contributed by atoms with Crippen LogP contribution in [0.2, 0.25) is 0 Å². The Bertz CT molecular complexity index is 1940. The lowest BCUT2D eigenvalue weighted by Gasteiger charge is -2.05. The predicted molar refractivity (Wildman–Crippen MR) is 171 cm³/mol. The van der Waals surface area contributed by atoms with E-state index in [4.69, 9.17) is 14.6 Å². The van der Waals surface area contributed by atoms with Crippen LogP contribution in [0.25, 0.3) is 39.4 Å². The van der Waals surface area contributed by atoms with Crippen molar-refractivity contribution < 1.29 is 9.47 Å². The van der Waals surface area contributed by atoms with Gasteiger partial charge in [0.1, 0.15) is 23.8 Å². The minimum absolute atomic E-state index is 0.221. The summed E-state index contributed by atoms with van der Waals surface area (Å²) in [6.45, 7) is 7.00. The molecule has 0 N–H and O–H groups in total. The van der Waals surface area contributed by atoms with Gasteiger partial charge in [0.25, 0.3) is 5.56 Å². The SMILES string of the molecule is C=CCOc1ccc(-c2nn(-c3ccccc3)cc2C=c2sc3nc(-c4ccc(OCCCCC)cc4)nn3c2=O)cc1. The van der Waals surface area contributed by atoms with Crippen LogP contribution in [0.15, 0.2) is 103 Å². The molecular formula is C34H31N5O3S. The Labute approximate surface area is 253 Å². The monoisotopic (exact) mass is 589 g/mol. The van der Waals surface area contributed by atoms with Crippen molar-refractivity contribution in [1.82, 2.24) is 24.4 Å². The fourth-order valence-corrected chi connectivity index (χ4v) is 5.53. The molecule has 43 heavy (non-hydrogen) atoms. The van der Waals surface area contributed by atoms with Crippen LogP contribution in [0.1, 0.15) is 31.7 Å². The van der Waals surface area contributed by atoms with Crippen molar-refractivity contribution in [1.29, 1.82) is 0 Å². The summed E-state index contributed by atoms with van der Waals surface area (Å²) in [5, 5.41) is 9.41. The number of benzene rings is 3. The van der Waals surface area contributed by atoms with Crippen molar-refractivity contribution in [3.05, 3.63) is 118 Å². The lowest BCUT2D eigenvalue weighted by atomic mass is 10.1. The normalized spacial score (nSPS) is 11.7. The van der Waals surface area contributed by atoms with Crippen LogP contribution in [0.4, 0.5) is 0 Å².